The quantitative estimate of drug-likeness (QED) is 0.722. The van der Waals surface area contributed by atoms with Crippen LogP contribution in [0.5, 0.6) is 0 Å². The van der Waals surface area contributed by atoms with Gasteiger partial charge >= 0.3 is 0 Å². The summed E-state index contributed by atoms with van der Waals surface area (Å²) in [7, 11) is -3.83. The predicted octanol–water partition coefficient (Wildman–Crippen LogP) is 3.82. The Bertz CT molecular complexity index is 942. The summed E-state index contributed by atoms with van der Waals surface area (Å²) < 4.78 is 28.7. The van der Waals surface area contributed by atoms with Gasteiger partial charge < -0.3 is 4.90 Å². The normalized spacial score (nSPS) is 15.0. The Balaban J connectivity index is 1.96. The average molecular weight is 415 g/mol. The van der Waals surface area contributed by atoms with Gasteiger partial charge in [0.15, 0.2) is 0 Å². The number of rotatable bonds is 6. The SMILES string of the molecule is Cc1cc(C)c(S(=O)(=O)N(CC(=O)N2CCCCC2)Cc2ccccc2)c(C)c1. The molecule has 2 aromatic rings. The minimum Gasteiger partial charge on any atom is -0.342 e. The first-order valence-electron chi connectivity index (χ1n) is 10.2. The van der Waals surface area contributed by atoms with Crippen molar-refractivity contribution < 1.29 is 13.2 Å². The van der Waals surface area contributed by atoms with Crippen molar-refractivity contribution in [2.45, 2.75) is 51.5 Å². The molecule has 1 heterocycles. The van der Waals surface area contributed by atoms with Gasteiger partial charge in [-0.15, -0.1) is 0 Å². The maximum Gasteiger partial charge on any atom is 0.244 e. The highest BCUT2D eigenvalue weighted by Crippen LogP contribution is 2.26. The third kappa shape index (κ3) is 5.06. The largest absolute Gasteiger partial charge is 0.342 e. The number of likely N-dealkylation sites (tertiary alicyclic amines) is 1. The number of amides is 1. The van der Waals surface area contributed by atoms with Gasteiger partial charge in [-0.2, -0.15) is 4.31 Å². The van der Waals surface area contributed by atoms with Gasteiger partial charge in [0.05, 0.1) is 11.4 Å². The zero-order valence-electron chi connectivity index (χ0n) is 17.5. The smallest absolute Gasteiger partial charge is 0.244 e. The maximum absolute atomic E-state index is 13.7. The molecule has 3 rings (SSSR count). The van der Waals surface area contributed by atoms with E-state index in [4.69, 9.17) is 0 Å². The number of benzene rings is 2. The van der Waals surface area contributed by atoms with Crippen LogP contribution in [0.4, 0.5) is 0 Å². The monoisotopic (exact) mass is 414 g/mol. The zero-order valence-corrected chi connectivity index (χ0v) is 18.3. The molecule has 1 aliphatic rings. The van der Waals surface area contributed by atoms with E-state index in [0.717, 1.165) is 30.4 Å². The molecule has 5 nitrogen and oxygen atoms in total. The van der Waals surface area contributed by atoms with Gasteiger partial charge in [-0.1, -0.05) is 48.0 Å². The molecule has 156 valence electrons. The fraction of sp³-hybridized carbons (Fsp3) is 0.435. The minimum atomic E-state index is -3.83. The van der Waals surface area contributed by atoms with Crippen LogP contribution in [0.2, 0.25) is 0 Å². The van der Waals surface area contributed by atoms with Crippen molar-refractivity contribution in [3.63, 3.8) is 0 Å². The number of hydrogen-bond acceptors (Lipinski definition) is 3. The average Bonchev–Trinajstić information content (AvgIpc) is 2.68. The summed E-state index contributed by atoms with van der Waals surface area (Å²) in [6.07, 6.45) is 3.08. The van der Waals surface area contributed by atoms with Gasteiger partial charge in [-0.25, -0.2) is 8.42 Å². The number of carbonyl (C=O) groups excluding carboxylic acids is 1. The third-order valence-electron chi connectivity index (χ3n) is 5.42. The molecule has 1 saturated heterocycles. The molecule has 29 heavy (non-hydrogen) atoms. The van der Waals surface area contributed by atoms with Crippen molar-refractivity contribution in [2.75, 3.05) is 19.6 Å². The van der Waals surface area contributed by atoms with E-state index >= 15 is 0 Å². The van der Waals surface area contributed by atoms with Gasteiger partial charge in [0.25, 0.3) is 0 Å². The highest BCUT2D eigenvalue weighted by Gasteiger charge is 2.31. The molecule has 0 radical (unpaired) electrons. The minimum absolute atomic E-state index is 0.119. The number of aryl methyl sites for hydroxylation is 3. The molecule has 0 N–H and O–H groups in total. The van der Waals surface area contributed by atoms with Crippen LogP contribution in [0, 0.1) is 20.8 Å². The second-order valence-electron chi connectivity index (χ2n) is 7.93. The Morgan fingerprint density at radius 2 is 1.55 bits per heavy atom. The van der Waals surface area contributed by atoms with Gasteiger partial charge in [0.2, 0.25) is 15.9 Å². The lowest BCUT2D eigenvalue weighted by atomic mass is 10.1. The van der Waals surface area contributed by atoms with Crippen LogP contribution in [-0.4, -0.2) is 43.2 Å². The lowest BCUT2D eigenvalue weighted by Gasteiger charge is -2.30. The predicted molar refractivity (Wildman–Crippen MR) is 115 cm³/mol. The zero-order chi connectivity index (χ0) is 21.0. The number of carbonyl (C=O) groups is 1. The summed E-state index contributed by atoms with van der Waals surface area (Å²) in [4.78, 5) is 15.0. The molecule has 1 aliphatic heterocycles. The molecule has 0 aliphatic carbocycles. The molecular weight excluding hydrogens is 384 g/mol. The highest BCUT2D eigenvalue weighted by atomic mass is 32.2. The summed E-state index contributed by atoms with van der Waals surface area (Å²) in [5.41, 5.74) is 3.32. The van der Waals surface area contributed by atoms with E-state index in [1.165, 1.54) is 4.31 Å². The Morgan fingerprint density at radius 3 is 2.14 bits per heavy atom. The van der Waals surface area contributed by atoms with Crippen molar-refractivity contribution in [3.05, 3.63) is 64.7 Å². The standard InChI is InChI=1S/C23H30N2O3S/c1-18-14-19(2)23(20(3)15-18)29(27,28)25(16-21-10-6-4-7-11-21)17-22(26)24-12-8-5-9-13-24/h4,6-7,10-11,14-15H,5,8-9,12-13,16-17H2,1-3H3. The summed E-state index contributed by atoms with van der Waals surface area (Å²) in [5, 5.41) is 0. The first kappa shape index (κ1) is 21.5. The van der Waals surface area contributed by atoms with Crippen molar-refractivity contribution in [1.29, 1.82) is 0 Å². The van der Waals surface area contributed by atoms with Crippen LogP contribution in [0.15, 0.2) is 47.4 Å². The van der Waals surface area contributed by atoms with Gasteiger partial charge in [-0.05, 0) is 56.7 Å². The number of sulfonamides is 1. The Labute approximate surface area is 174 Å². The molecule has 0 aromatic heterocycles. The van der Waals surface area contributed by atoms with Gasteiger partial charge in [-0.3, -0.25) is 4.79 Å². The lowest BCUT2D eigenvalue weighted by molar-refractivity contribution is -0.132. The molecule has 0 saturated carbocycles. The van der Waals surface area contributed by atoms with Crippen molar-refractivity contribution in [3.8, 4) is 0 Å². The molecule has 0 bridgehead atoms. The Morgan fingerprint density at radius 1 is 0.966 bits per heavy atom. The maximum atomic E-state index is 13.7. The first-order valence-corrected chi connectivity index (χ1v) is 11.6. The van der Waals surface area contributed by atoms with E-state index in [-0.39, 0.29) is 19.0 Å². The number of nitrogens with zero attached hydrogens (tertiary/aromatic N) is 2. The number of piperidine rings is 1. The van der Waals surface area contributed by atoms with Gasteiger partial charge in [0.1, 0.15) is 0 Å². The fourth-order valence-electron chi connectivity index (χ4n) is 4.11. The molecular formula is C23H30N2O3S. The fourth-order valence-corrected chi connectivity index (χ4v) is 5.90. The Kier molecular flexibility index (Phi) is 6.75. The van der Waals surface area contributed by atoms with Crippen molar-refractivity contribution in [1.82, 2.24) is 9.21 Å². The van der Waals surface area contributed by atoms with Crippen LogP contribution in [0.3, 0.4) is 0 Å². The van der Waals surface area contributed by atoms with Crippen molar-refractivity contribution >= 4 is 15.9 Å². The van der Waals surface area contributed by atoms with E-state index < -0.39 is 10.0 Å². The summed E-state index contributed by atoms with van der Waals surface area (Å²) in [6.45, 7) is 7.05. The molecule has 0 unspecified atom stereocenters. The Hall–Kier alpha value is -2.18. The van der Waals surface area contributed by atoms with E-state index in [2.05, 4.69) is 0 Å². The van der Waals surface area contributed by atoms with Crippen molar-refractivity contribution in [2.24, 2.45) is 0 Å². The van der Waals surface area contributed by atoms with Crippen LogP contribution >= 0.6 is 0 Å². The second kappa shape index (κ2) is 9.09. The summed E-state index contributed by atoms with van der Waals surface area (Å²) in [5.74, 6) is -0.119. The molecule has 0 spiro atoms. The molecule has 2 aromatic carbocycles. The van der Waals surface area contributed by atoms with E-state index in [9.17, 15) is 13.2 Å². The molecule has 0 atom stereocenters. The van der Waals surface area contributed by atoms with E-state index in [0.29, 0.717) is 29.1 Å². The van der Waals surface area contributed by atoms with Crippen LogP contribution in [0.1, 0.15) is 41.5 Å². The topological polar surface area (TPSA) is 57.7 Å². The van der Waals surface area contributed by atoms with Gasteiger partial charge in [0, 0.05) is 19.6 Å². The third-order valence-corrected chi connectivity index (χ3v) is 7.52. The summed E-state index contributed by atoms with van der Waals surface area (Å²) >= 11 is 0. The number of hydrogen-bond donors (Lipinski definition) is 0. The first-order chi connectivity index (χ1) is 13.8. The summed E-state index contributed by atoms with van der Waals surface area (Å²) in [6, 6.07) is 13.2. The molecule has 6 heteroatoms. The molecule has 1 fully saturated rings. The van der Waals surface area contributed by atoms with E-state index in [1.54, 1.807) is 4.90 Å². The van der Waals surface area contributed by atoms with Crippen LogP contribution in [-0.2, 0) is 21.4 Å². The molecule has 1 amide bonds. The lowest BCUT2D eigenvalue weighted by Crippen LogP contribution is -2.44. The second-order valence-corrected chi connectivity index (χ2v) is 9.80. The van der Waals surface area contributed by atoms with Crippen LogP contribution in [0.25, 0.3) is 0 Å². The highest BCUT2D eigenvalue weighted by molar-refractivity contribution is 7.89. The van der Waals surface area contributed by atoms with Crippen LogP contribution < -0.4 is 0 Å². The van der Waals surface area contributed by atoms with E-state index in [1.807, 2.05) is 63.2 Å².